The molecule has 0 saturated carbocycles. The van der Waals surface area contributed by atoms with Gasteiger partial charge in [0, 0.05) is 49.3 Å². The minimum atomic E-state index is -0.00618. The van der Waals surface area contributed by atoms with E-state index >= 15 is 0 Å². The summed E-state index contributed by atoms with van der Waals surface area (Å²) in [6.45, 7) is 2.07. The molecule has 3 rings (SSSR count). The predicted molar refractivity (Wildman–Crippen MR) is 109 cm³/mol. The molecule has 5 nitrogen and oxygen atoms in total. The highest BCUT2D eigenvalue weighted by Crippen LogP contribution is 2.10. The molecule has 0 aliphatic carbocycles. The predicted octanol–water partition coefficient (Wildman–Crippen LogP) is 2.03. The summed E-state index contributed by atoms with van der Waals surface area (Å²) < 4.78 is 1.67. The Morgan fingerprint density at radius 1 is 1.19 bits per heavy atom. The maximum absolute atomic E-state index is 12.0. The average Bonchev–Trinajstić information content (AvgIpc) is 2.64. The third-order valence-electron chi connectivity index (χ3n) is 4.19. The molecule has 1 aromatic heterocycles. The van der Waals surface area contributed by atoms with Crippen LogP contribution in [0.2, 0.25) is 0 Å². The summed E-state index contributed by atoms with van der Waals surface area (Å²) in [6, 6.07) is 13.4. The molecule has 1 aliphatic heterocycles. The van der Waals surface area contributed by atoms with Gasteiger partial charge in [-0.15, -0.1) is 12.4 Å². The summed E-state index contributed by atoms with van der Waals surface area (Å²) in [7, 11) is 0. The number of pyridine rings is 1. The second kappa shape index (κ2) is 10.4. The van der Waals surface area contributed by atoms with E-state index in [1.165, 1.54) is 0 Å². The number of nitrogens with zero attached hydrogens (tertiary/aromatic N) is 1. The first kappa shape index (κ1) is 20.6. The Kier molecular flexibility index (Phi) is 8.22. The van der Waals surface area contributed by atoms with Gasteiger partial charge in [-0.2, -0.15) is 11.8 Å². The Morgan fingerprint density at radius 3 is 2.65 bits per heavy atom. The lowest BCUT2D eigenvalue weighted by Crippen LogP contribution is -2.41. The number of hydrogen-bond acceptors (Lipinski definition) is 4. The molecule has 1 aromatic carbocycles. The highest BCUT2D eigenvalue weighted by atomic mass is 35.5. The van der Waals surface area contributed by atoms with Crippen LogP contribution in [0.5, 0.6) is 0 Å². The van der Waals surface area contributed by atoms with E-state index in [-0.39, 0.29) is 29.9 Å². The van der Waals surface area contributed by atoms with E-state index in [9.17, 15) is 9.59 Å². The largest absolute Gasteiger partial charge is 0.352 e. The molecule has 1 atom stereocenters. The van der Waals surface area contributed by atoms with Crippen molar-refractivity contribution in [2.75, 3.05) is 18.1 Å². The Balaban J connectivity index is 0.00000243. The van der Waals surface area contributed by atoms with Crippen molar-refractivity contribution < 1.29 is 4.79 Å². The number of rotatable bonds is 6. The van der Waals surface area contributed by atoms with Crippen LogP contribution in [0.1, 0.15) is 17.5 Å². The lowest BCUT2D eigenvalue weighted by molar-refractivity contribution is -0.121. The van der Waals surface area contributed by atoms with Crippen LogP contribution < -0.4 is 16.2 Å². The summed E-state index contributed by atoms with van der Waals surface area (Å²) in [4.78, 5) is 23.8. The van der Waals surface area contributed by atoms with E-state index in [2.05, 4.69) is 10.6 Å². The third-order valence-corrected chi connectivity index (χ3v) is 5.33. The fourth-order valence-electron chi connectivity index (χ4n) is 2.80. The van der Waals surface area contributed by atoms with E-state index in [1.54, 1.807) is 22.9 Å². The van der Waals surface area contributed by atoms with Crippen LogP contribution in [0, 0.1) is 0 Å². The monoisotopic (exact) mass is 393 g/mol. The van der Waals surface area contributed by atoms with E-state index in [1.807, 2.05) is 42.1 Å². The van der Waals surface area contributed by atoms with Crippen molar-refractivity contribution in [1.82, 2.24) is 15.2 Å². The number of carbonyl (C=O) groups excluding carboxylic acids is 1. The molecule has 1 unspecified atom stereocenters. The van der Waals surface area contributed by atoms with Gasteiger partial charge in [-0.1, -0.05) is 30.3 Å². The molecule has 0 radical (unpaired) electrons. The number of aromatic nitrogens is 1. The van der Waals surface area contributed by atoms with Gasteiger partial charge in [0.15, 0.2) is 0 Å². The average molecular weight is 394 g/mol. The van der Waals surface area contributed by atoms with E-state index in [0.29, 0.717) is 19.5 Å². The van der Waals surface area contributed by atoms with Crippen LogP contribution in [0.3, 0.4) is 0 Å². The quantitative estimate of drug-likeness (QED) is 0.788. The van der Waals surface area contributed by atoms with Gasteiger partial charge in [0.25, 0.3) is 5.56 Å². The van der Waals surface area contributed by atoms with Gasteiger partial charge >= 0.3 is 0 Å². The topological polar surface area (TPSA) is 63.1 Å². The molecule has 140 valence electrons. The zero-order chi connectivity index (χ0) is 17.5. The van der Waals surface area contributed by atoms with Crippen LogP contribution in [-0.4, -0.2) is 34.6 Å². The molecular weight excluding hydrogens is 370 g/mol. The van der Waals surface area contributed by atoms with Crippen LogP contribution >= 0.6 is 24.2 Å². The number of carbonyl (C=O) groups is 1. The van der Waals surface area contributed by atoms with E-state index < -0.39 is 0 Å². The zero-order valence-corrected chi connectivity index (χ0v) is 16.2. The molecule has 7 heteroatoms. The van der Waals surface area contributed by atoms with Crippen molar-refractivity contribution >= 4 is 30.1 Å². The maximum Gasteiger partial charge on any atom is 0.250 e. The fourth-order valence-corrected chi connectivity index (χ4v) is 3.75. The van der Waals surface area contributed by atoms with E-state index in [4.69, 9.17) is 0 Å². The van der Waals surface area contributed by atoms with E-state index in [0.717, 1.165) is 29.2 Å². The Hall–Kier alpha value is -1.76. The summed E-state index contributed by atoms with van der Waals surface area (Å²) >= 11 is 1.90. The Labute approximate surface area is 164 Å². The minimum absolute atomic E-state index is 0. The van der Waals surface area contributed by atoms with Gasteiger partial charge in [0.2, 0.25) is 5.91 Å². The fraction of sp³-hybridized carbons (Fsp3) is 0.368. The minimum Gasteiger partial charge on any atom is -0.352 e. The first-order valence-electron chi connectivity index (χ1n) is 8.52. The number of amides is 1. The van der Waals surface area contributed by atoms with Crippen molar-refractivity contribution in [2.45, 2.75) is 25.6 Å². The summed E-state index contributed by atoms with van der Waals surface area (Å²) in [5.74, 6) is 2.21. The third kappa shape index (κ3) is 6.20. The SMILES string of the molecule is Cl.O=C(CC1CSCCN1)NCc1ccc(Cn2ccccc2=O)cc1. The number of nitrogens with one attached hydrogen (secondary N) is 2. The second-order valence-corrected chi connectivity index (χ2v) is 7.34. The summed E-state index contributed by atoms with van der Waals surface area (Å²) in [5, 5.41) is 6.35. The molecule has 0 bridgehead atoms. The second-order valence-electron chi connectivity index (χ2n) is 6.19. The Bertz CT molecular complexity index is 758. The molecule has 1 aliphatic rings. The lowest BCUT2D eigenvalue weighted by Gasteiger charge is -2.22. The van der Waals surface area contributed by atoms with Gasteiger partial charge in [0.05, 0.1) is 6.54 Å². The molecule has 1 amide bonds. The van der Waals surface area contributed by atoms with Gasteiger partial charge in [0.1, 0.15) is 0 Å². The molecule has 1 fully saturated rings. The van der Waals surface area contributed by atoms with Crippen molar-refractivity contribution in [3.8, 4) is 0 Å². The highest BCUT2D eigenvalue weighted by Gasteiger charge is 2.16. The number of hydrogen-bond donors (Lipinski definition) is 2. The maximum atomic E-state index is 12.0. The molecule has 26 heavy (non-hydrogen) atoms. The van der Waals surface area contributed by atoms with Gasteiger partial charge in [-0.25, -0.2) is 0 Å². The van der Waals surface area contributed by atoms with Crippen LogP contribution in [0.15, 0.2) is 53.5 Å². The first-order chi connectivity index (χ1) is 12.2. The van der Waals surface area contributed by atoms with Crippen LogP contribution in [0.4, 0.5) is 0 Å². The first-order valence-corrected chi connectivity index (χ1v) is 9.67. The zero-order valence-electron chi connectivity index (χ0n) is 14.5. The molecule has 2 N–H and O–H groups in total. The summed E-state index contributed by atoms with van der Waals surface area (Å²) in [5.41, 5.74) is 2.11. The normalized spacial score (nSPS) is 16.5. The van der Waals surface area contributed by atoms with Gasteiger partial charge in [-0.3, -0.25) is 9.59 Å². The van der Waals surface area contributed by atoms with Crippen molar-refractivity contribution in [3.63, 3.8) is 0 Å². The molecular formula is C19H24ClN3O2S. The molecule has 2 aromatic rings. The van der Waals surface area contributed by atoms with Crippen molar-refractivity contribution in [2.24, 2.45) is 0 Å². The highest BCUT2D eigenvalue weighted by molar-refractivity contribution is 7.99. The number of thioether (sulfide) groups is 1. The lowest BCUT2D eigenvalue weighted by atomic mass is 10.1. The van der Waals surface area contributed by atoms with Crippen LogP contribution in [-0.2, 0) is 17.9 Å². The van der Waals surface area contributed by atoms with Crippen molar-refractivity contribution in [1.29, 1.82) is 0 Å². The molecule has 2 heterocycles. The standard InChI is InChI=1S/C19H23N3O2S.ClH/c23-18(11-17-14-25-10-8-20-17)21-12-15-4-6-16(7-5-15)13-22-9-2-1-3-19(22)24;/h1-7,9,17,20H,8,10-14H2,(H,21,23);1H. The van der Waals surface area contributed by atoms with Gasteiger partial charge < -0.3 is 15.2 Å². The smallest absolute Gasteiger partial charge is 0.250 e. The molecule has 1 saturated heterocycles. The van der Waals surface area contributed by atoms with Crippen molar-refractivity contribution in [3.05, 3.63) is 70.1 Å². The van der Waals surface area contributed by atoms with Gasteiger partial charge in [-0.05, 0) is 17.2 Å². The summed E-state index contributed by atoms with van der Waals surface area (Å²) in [6.07, 6.45) is 2.32. The number of halogens is 1. The Morgan fingerprint density at radius 2 is 1.96 bits per heavy atom. The number of benzene rings is 1. The van der Waals surface area contributed by atoms with Crippen LogP contribution in [0.25, 0.3) is 0 Å². The molecule has 0 spiro atoms.